The fourth-order valence-corrected chi connectivity index (χ4v) is 9.73. The predicted octanol–water partition coefficient (Wildman–Crippen LogP) is 13.7. The van der Waals surface area contributed by atoms with Crippen LogP contribution in [0.4, 0.5) is 0 Å². The third-order valence-electron chi connectivity index (χ3n) is 9.45. The molecule has 0 spiro atoms. The van der Waals surface area contributed by atoms with E-state index in [2.05, 4.69) is 158 Å². The first kappa shape index (κ1) is 26.0. The van der Waals surface area contributed by atoms with Crippen LogP contribution in [0.3, 0.4) is 0 Å². The lowest BCUT2D eigenvalue weighted by Gasteiger charge is -2.11. The molecule has 0 fully saturated rings. The lowest BCUT2D eigenvalue weighted by Crippen LogP contribution is -1.85. The molecule has 0 aliphatic heterocycles. The normalized spacial score (nSPS) is 11.9. The fraction of sp³-hybridized carbons (Fsp3) is 0. The van der Waals surface area contributed by atoms with Gasteiger partial charge in [-0.25, -0.2) is 0 Å². The number of thiophene rings is 2. The second-order valence-corrected chi connectivity index (χ2v) is 14.2. The minimum absolute atomic E-state index is 1.23. The molecule has 214 valence electrons. The fourth-order valence-electron chi connectivity index (χ4n) is 7.22. The van der Waals surface area contributed by atoms with Crippen molar-refractivity contribution in [3.63, 3.8) is 0 Å². The Morgan fingerprint density at radius 3 is 1.59 bits per heavy atom. The number of benzene rings is 8. The lowest BCUT2D eigenvalue weighted by molar-refractivity contribution is 1.59. The quantitative estimate of drug-likeness (QED) is 0.173. The molecule has 0 atom stereocenters. The zero-order valence-corrected chi connectivity index (χ0v) is 26.5. The number of hydrogen-bond donors (Lipinski definition) is 0. The van der Waals surface area contributed by atoms with Crippen molar-refractivity contribution in [2.24, 2.45) is 0 Å². The highest BCUT2D eigenvalue weighted by Crippen LogP contribution is 2.43. The molecule has 0 aliphatic rings. The van der Waals surface area contributed by atoms with Crippen molar-refractivity contribution < 1.29 is 0 Å². The first-order valence-corrected chi connectivity index (χ1v) is 17.3. The van der Waals surface area contributed by atoms with Crippen molar-refractivity contribution in [2.45, 2.75) is 0 Å². The molecule has 2 heteroatoms. The Morgan fingerprint density at radius 2 is 0.826 bits per heavy atom. The molecule has 0 amide bonds. The summed E-state index contributed by atoms with van der Waals surface area (Å²) in [6, 6.07) is 58.4. The van der Waals surface area contributed by atoms with Crippen LogP contribution in [0.5, 0.6) is 0 Å². The van der Waals surface area contributed by atoms with Crippen molar-refractivity contribution in [3.05, 3.63) is 158 Å². The highest BCUT2D eigenvalue weighted by Gasteiger charge is 2.13. The van der Waals surface area contributed by atoms with E-state index in [1.54, 1.807) is 0 Å². The Labute approximate surface area is 274 Å². The molecule has 0 radical (unpaired) electrons. The molecule has 0 N–H and O–H groups in total. The van der Waals surface area contributed by atoms with Crippen LogP contribution in [-0.4, -0.2) is 0 Å². The number of hydrogen-bond acceptors (Lipinski definition) is 2. The van der Waals surface area contributed by atoms with Gasteiger partial charge in [-0.15, -0.1) is 22.7 Å². The van der Waals surface area contributed by atoms with Gasteiger partial charge in [0.2, 0.25) is 0 Å². The number of rotatable bonds is 3. The van der Waals surface area contributed by atoms with Crippen LogP contribution in [0.25, 0.3) is 95.3 Å². The van der Waals surface area contributed by atoms with Gasteiger partial charge in [0.05, 0.1) is 0 Å². The molecule has 0 saturated carbocycles. The predicted molar refractivity (Wildman–Crippen MR) is 204 cm³/mol. The van der Waals surface area contributed by atoms with Gasteiger partial charge < -0.3 is 0 Å². The molecule has 2 aromatic heterocycles. The maximum absolute atomic E-state index is 2.40. The van der Waals surface area contributed by atoms with Gasteiger partial charge in [-0.2, -0.15) is 0 Å². The molecular weight excluding hydrogens is 593 g/mol. The van der Waals surface area contributed by atoms with Crippen molar-refractivity contribution in [2.75, 3.05) is 0 Å². The Bertz CT molecular complexity index is 2810. The second kappa shape index (κ2) is 10.1. The van der Waals surface area contributed by atoms with Crippen molar-refractivity contribution >= 4 is 84.6 Å². The third kappa shape index (κ3) is 3.98. The Morgan fingerprint density at radius 1 is 0.304 bits per heavy atom. The molecular formula is C44H26S2. The van der Waals surface area contributed by atoms with E-state index in [-0.39, 0.29) is 0 Å². The largest absolute Gasteiger partial charge is 0.135 e. The van der Waals surface area contributed by atoms with Crippen LogP contribution in [0.2, 0.25) is 0 Å². The summed E-state index contributed by atoms with van der Waals surface area (Å²) in [4.78, 5) is 0. The van der Waals surface area contributed by atoms with Gasteiger partial charge >= 0.3 is 0 Å². The Kier molecular flexibility index (Phi) is 5.72. The molecule has 0 nitrogen and oxygen atoms in total. The molecule has 10 aromatic rings. The van der Waals surface area contributed by atoms with Crippen molar-refractivity contribution in [1.29, 1.82) is 0 Å². The standard InChI is InChI=1S/C44H26S2/c1-3-16-40-35(12-1)37-15-7-14-34(43(37)45-40)33-11-6-10-31(25-33)29-8-5-9-30(24-29)32-21-19-27-18-20-28-22-23-38-36-13-2-4-17-41(36)46-44(38)42(28)39(27)26-32/h1-26H. The van der Waals surface area contributed by atoms with Crippen LogP contribution in [-0.2, 0) is 0 Å². The minimum atomic E-state index is 1.23. The van der Waals surface area contributed by atoms with E-state index in [0.717, 1.165) is 0 Å². The summed E-state index contributed by atoms with van der Waals surface area (Å²) in [6.45, 7) is 0. The topological polar surface area (TPSA) is 0 Å². The molecule has 2 heterocycles. The number of fused-ring (bicyclic) bond motifs is 10. The van der Waals surface area contributed by atoms with Gasteiger partial charge in [-0.05, 0) is 79.9 Å². The average molecular weight is 619 g/mol. The first-order valence-electron chi connectivity index (χ1n) is 15.7. The van der Waals surface area contributed by atoms with Gasteiger partial charge in [0.25, 0.3) is 0 Å². The Balaban J connectivity index is 1.10. The monoisotopic (exact) mass is 618 g/mol. The van der Waals surface area contributed by atoms with Crippen LogP contribution < -0.4 is 0 Å². The maximum atomic E-state index is 2.40. The summed E-state index contributed by atoms with van der Waals surface area (Å²) in [7, 11) is 0. The summed E-state index contributed by atoms with van der Waals surface area (Å²) >= 11 is 3.80. The molecule has 8 aromatic carbocycles. The SMILES string of the molecule is c1cc(-c2cccc(-c3cccc4c3sc3ccccc34)c2)cc(-c2ccc3ccc4ccc5c6ccccc6sc5c4c3c2)c1. The van der Waals surface area contributed by atoms with E-state index in [1.807, 2.05) is 22.7 Å². The molecule has 10 rings (SSSR count). The van der Waals surface area contributed by atoms with E-state index < -0.39 is 0 Å². The van der Waals surface area contributed by atoms with Gasteiger partial charge in [-0.3, -0.25) is 0 Å². The van der Waals surface area contributed by atoms with Crippen molar-refractivity contribution in [1.82, 2.24) is 0 Å². The van der Waals surface area contributed by atoms with E-state index in [4.69, 9.17) is 0 Å². The molecule has 0 saturated heterocycles. The molecule has 0 unspecified atom stereocenters. The highest BCUT2D eigenvalue weighted by atomic mass is 32.1. The lowest BCUT2D eigenvalue weighted by atomic mass is 9.93. The first-order chi connectivity index (χ1) is 22.8. The van der Waals surface area contributed by atoms with Crippen LogP contribution in [0.1, 0.15) is 0 Å². The second-order valence-electron chi connectivity index (χ2n) is 12.1. The highest BCUT2D eigenvalue weighted by molar-refractivity contribution is 7.27. The maximum Gasteiger partial charge on any atom is 0.0440 e. The summed E-state index contributed by atoms with van der Waals surface area (Å²) in [6.07, 6.45) is 0. The molecule has 46 heavy (non-hydrogen) atoms. The van der Waals surface area contributed by atoms with Crippen LogP contribution >= 0.6 is 22.7 Å². The van der Waals surface area contributed by atoms with E-state index in [0.29, 0.717) is 0 Å². The van der Waals surface area contributed by atoms with Gasteiger partial charge in [0.15, 0.2) is 0 Å². The third-order valence-corrected chi connectivity index (χ3v) is 11.9. The zero-order chi connectivity index (χ0) is 30.2. The smallest absolute Gasteiger partial charge is 0.0440 e. The van der Waals surface area contributed by atoms with Gasteiger partial charge in [0, 0.05) is 45.7 Å². The van der Waals surface area contributed by atoms with E-state index in [9.17, 15) is 0 Å². The van der Waals surface area contributed by atoms with Crippen LogP contribution in [0, 0.1) is 0 Å². The van der Waals surface area contributed by atoms with E-state index >= 15 is 0 Å². The average Bonchev–Trinajstić information content (AvgIpc) is 3.70. The molecule has 0 bridgehead atoms. The van der Waals surface area contributed by atoms with E-state index in [1.165, 1.54) is 95.3 Å². The summed E-state index contributed by atoms with van der Waals surface area (Å²) < 4.78 is 5.41. The van der Waals surface area contributed by atoms with Crippen molar-refractivity contribution in [3.8, 4) is 33.4 Å². The van der Waals surface area contributed by atoms with Crippen LogP contribution in [0.15, 0.2) is 158 Å². The summed E-state index contributed by atoms with van der Waals surface area (Å²) in [5, 5.41) is 10.6. The van der Waals surface area contributed by atoms with Gasteiger partial charge in [-0.1, -0.05) is 127 Å². The molecule has 0 aliphatic carbocycles. The Hall–Kier alpha value is -5.28. The minimum Gasteiger partial charge on any atom is -0.135 e. The summed E-state index contributed by atoms with van der Waals surface area (Å²) in [5.74, 6) is 0. The zero-order valence-electron chi connectivity index (χ0n) is 24.8. The van der Waals surface area contributed by atoms with Gasteiger partial charge in [0.1, 0.15) is 0 Å². The summed E-state index contributed by atoms with van der Waals surface area (Å²) in [5.41, 5.74) is 7.49.